The molecule has 9 nitrogen and oxygen atoms in total. The molecule has 3 heterocycles. The first kappa shape index (κ1) is 55.2. The van der Waals surface area contributed by atoms with E-state index in [4.69, 9.17) is 24.9 Å². The fraction of sp³-hybridized carbons (Fsp3) is 0.310. The maximum atomic E-state index is 15.6. The second kappa shape index (κ2) is 19.9. The summed E-state index contributed by atoms with van der Waals surface area (Å²) in [7, 11) is 3.60. The molecule has 0 fully saturated rings. The van der Waals surface area contributed by atoms with Gasteiger partial charge in [0.05, 0.1) is 16.6 Å². The van der Waals surface area contributed by atoms with E-state index in [1.54, 1.807) is 7.05 Å². The van der Waals surface area contributed by atoms with Crippen LogP contribution in [0.15, 0.2) is 159 Å². The quantitative estimate of drug-likeness (QED) is 0.0768. The van der Waals surface area contributed by atoms with Crippen LogP contribution in [-0.4, -0.2) is 45.1 Å². The van der Waals surface area contributed by atoms with Gasteiger partial charge in [0, 0.05) is 69.0 Å². The largest absolute Gasteiger partial charge is 0.373 e. The van der Waals surface area contributed by atoms with Crippen molar-refractivity contribution in [1.82, 2.24) is 24.7 Å². The van der Waals surface area contributed by atoms with Crippen LogP contribution < -0.4 is 16.2 Å². The Morgan fingerprint density at radius 1 is 0.450 bits per heavy atom. The molecule has 0 aliphatic heterocycles. The second-order valence-corrected chi connectivity index (χ2v) is 26.7. The van der Waals surface area contributed by atoms with Crippen LogP contribution in [0.3, 0.4) is 0 Å². The van der Waals surface area contributed by atoms with E-state index < -0.39 is 0 Å². The maximum Gasteiger partial charge on any atom is 0.197 e. The molecule has 0 saturated carbocycles. The zero-order chi connectivity index (χ0) is 57.6. The number of nitrogens with zero attached hydrogens (tertiary/aromatic N) is 6. The second-order valence-electron chi connectivity index (χ2n) is 26.7. The molecule has 0 radical (unpaired) electrons. The monoisotopic (exact) mass is 1060 g/mol. The molecule has 3 aromatic heterocycles. The summed E-state index contributed by atoms with van der Waals surface area (Å²) >= 11 is 0. The molecule has 10 rings (SSSR count). The number of nitrogens with one attached hydrogen (secondary N) is 1. The van der Waals surface area contributed by atoms with Gasteiger partial charge >= 0.3 is 0 Å². The van der Waals surface area contributed by atoms with Crippen molar-refractivity contribution in [2.45, 2.75) is 131 Å². The van der Waals surface area contributed by atoms with Gasteiger partial charge in [-0.3, -0.25) is 14.6 Å². The Morgan fingerprint density at radius 2 is 0.850 bits per heavy atom. The fourth-order valence-corrected chi connectivity index (χ4v) is 10.7. The Balaban J connectivity index is 1.34. The number of hydrogen-bond acceptors (Lipinski definition) is 6. The summed E-state index contributed by atoms with van der Waals surface area (Å²) in [5.74, 6) is 2.45. The summed E-state index contributed by atoms with van der Waals surface area (Å²) < 4.78 is 2.13. The number of amidine groups is 2. The fourth-order valence-electron chi connectivity index (χ4n) is 10.7. The van der Waals surface area contributed by atoms with Gasteiger partial charge in [-0.25, -0.2) is 19.9 Å². The van der Waals surface area contributed by atoms with Crippen LogP contribution in [0.2, 0.25) is 0 Å². The molecule has 0 atom stereocenters. The van der Waals surface area contributed by atoms with E-state index in [1.807, 2.05) is 61.6 Å². The summed E-state index contributed by atoms with van der Waals surface area (Å²) in [6.45, 7) is 32.8. The Labute approximate surface area is 471 Å². The standard InChI is InChI=1S/C71H75N7O2/c1-67(2,3)45-27-21-41(22-28-45)62(72-16)74-65(73-17)50-19-18-20-51(66-76-63(42-23-29-46(30-24-42)68(4,5)6)75-64(77-66)43-25-31-47(32-26-43)69(7,8)9)58(50)44-37-54-59-55(38-44)61(80)53-40-49(71(13,14)15)34-36-57(53)78(59)56-35-33-48(70(10,11)12)39-52(56)60(54)79/h18-40H,1-17H3,(H,72,73,74). The van der Waals surface area contributed by atoms with Gasteiger partial charge < -0.3 is 9.72 Å². The van der Waals surface area contributed by atoms with E-state index in [9.17, 15) is 0 Å². The number of aliphatic imine (C=N–C) groups is 2. The van der Waals surface area contributed by atoms with E-state index in [1.165, 1.54) is 16.7 Å². The molecular weight excluding hydrogens is 983 g/mol. The number of pyridine rings is 2. The molecule has 406 valence electrons. The highest BCUT2D eigenvalue weighted by Crippen LogP contribution is 2.40. The van der Waals surface area contributed by atoms with Crippen molar-refractivity contribution in [1.29, 1.82) is 0 Å². The average molecular weight is 1060 g/mol. The predicted octanol–water partition coefficient (Wildman–Crippen LogP) is 15.9. The van der Waals surface area contributed by atoms with E-state index in [0.717, 1.165) is 38.9 Å². The zero-order valence-corrected chi connectivity index (χ0v) is 49.8. The molecule has 0 aliphatic carbocycles. The van der Waals surface area contributed by atoms with E-state index in [-0.39, 0.29) is 37.9 Å². The predicted molar refractivity (Wildman–Crippen MR) is 337 cm³/mol. The summed E-state index contributed by atoms with van der Waals surface area (Å²) in [5, 5.41) is 5.44. The van der Waals surface area contributed by atoms with E-state index in [2.05, 4.69) is 199 Å². The van der Waals surface area contributed by atoms with Gasteiger partial charge in [0.15, 0.2) is 34.2 Å². The Morgan fingerprint density at radius 3 is 1.25 bits per heavy atom. The SMILES string of the molecule is C/N=C(\N=C(/NC)c1cccc(-c2nc(-c3ccc(C(C)(C)C)cc3)nc(-c3ccc(C(C)(C)C)cc3)n2)c1-c1cc2c(=O)c3cc(C(C)(C)C)ccc3n3c4ccc(C(C)(C)C)cc4c(=O)c(c1)c23)c1ccc(C(C)(C)C)cc1. The van der Waals surface area contributed by atoms with Crippen LogP contribution in [0.4, 0.5) is 0 Å². The smallest absolute Gasteiger partial charge is 0.197 e. The lowest BCUT2D eigenvalue weighted by Gasteiger charge is -2.23. The lowest BCUT2D eigenvalue weighted by atomic mass is 9.85. The Kier molecular flexibility index (Phi) is 13.7. The minimum absolute atomic E-state index is 0.0424. The van der Waals surface area contributed by atoms with Crippen LogP contribution in [0.25, 0.3) is 83.4 Å². The molecule has 10 aromatic rings. The molecule has 0 unspecified atom stereocenters. The van der Waals surface area contributed by atoms with E-state index >= 15 is 9.59 Å². The zero-order valence-electron chi connectivity index (χ0n) is 49.8. The average Bonchev–Trinajstić information content (AvgIpc) is 3.45. The first-order valence-corrected chi connectivity index (χ1v) is 27.9. The van der Waals surface area contributed by atoms with Crippen LogP contribution in [-0.2, 0) is 27.1 Å². The number of fused-ring (bicyclic) bond motifs is 4. The topological polar surface area (TPSA) is 114 Å². The van der Waals surface area contributed by atoms with E-state index in [0.29, 0.717) is 78.5 Å². The lowest BCUT2D eigenvalue weighted by molar-refractivity contribution is 0.590. The Bertz CT molecular complexity index is 4050. The van der Waals surface area contributed by atoms with Crippen LogP contribution in [0.1, 0.15) is 143 Å². The Hall–Kier alpha value is -8.17. The first-order valence-electron chi connectivity index (χ1n) is 27.9. The molecule has 0 saturated heterocycles. The summed E-state index contributed by atoms with van der Waals surface area (Å²) in [6.07, 6.45) is 0. The van der Waals surface area contributed by atoms with Crippen LogP contribution in [0.5, 0.6) is 0 Å². The lowest BCUT2D eigenvalue weighted by Crippen LogP contribution is -2.23. The minimum Gasteiger partial charge on any atom is -0.373 e. The number of rotatable bonds is 6. The molecule has 0 amide bonds. The summed E-state index contributed by atoms with van der Waals surface area (Å²) in [4.78, 5) is 57.3. The molecule has 1 N–H and O–H groups in total. The molecule has 80 heavy (non-hydrogen) atoms. The van der Waals surface area contributed by atoms with Crippen molar-refractivity contribution in [2.24, 2.45) is 9.98 Å². The highest BCUT2D eigenvalue weighted by molar-refractivity contribution is 6.16. The van der Waals surface area contributed by atoms with Gasteiger partial charge in [-0.05, 0) is 96.9 Å². The van der Waals surface area contributed by atoms with Crippen molar-refractivity contribution >= 4 is 49.8 Å². The highest BCUT2D eigenvalue weighted by atomic mass is 16.1. The highest BCUT2D eigenvalue weighted by Gasteiger charge is 2.27. The molecule has 0 bridgehead atoms. The van der Waals surface area contributed by atoms with Gasteiger partial charge in [-0.2, -0.15) is 0 Å². The molecule has 0 spiro atoms. The minimum atomic E-state index is -0.239. The molecular formula is C71H75N7O2. The molecule has 0 aliphatic rings. The van der Waals surface area contributed by atoms with Crippen LogP contribution >= 0.6 is 0 Å². The normalized spacial score (nSPS) is 13.3. The summed E-state index contributed by atoms with van der Waals surface area (Å²) in [5.41, 5.74) is 11.9. The molecule has 9 heteroatoms. The van der Waals surface area contributed by atoms with Crippen LogP contribution in [0, 0.1) is 0 Å². The van der Waals surface area contributed by atoms with Crippen molar-refractivity contribution in [3.63, 3.8) is 0 Å². The third-order valence-corrected chi connectivity index (χ3v) is 15.7. The van der Waals surface area contributed by atoms with Gasteiger partial charge in [-0.1, -0.05) is 207 Å². The maximum absolute atomic E-state index is 15.6. The number of hydrogen-bond donors (Lipinski definition) is 1. The van der Waals surface area contributed by atoms with Crippen molar-refractivity contribution < 1.29 is 0 Å². The number of benzene rings is 7. The van der Waals surface area contributed by atoms with Gasteiger partial charge in [0.1, 0.15) is 5.84 Å². The van der Waals surface area contributed by atoms with Gasteiger partial charge in [0.25, 0.3) is 0 Å². The first-order chi connectivity index (χ1) is 37.5. The van der Waals surface area contributed by atoms with Gasteiger partial charge in [-0.15, -0.1) is 0 Å². The van der Waals surface area contributed by atoms with Crippen molar-refractivity contribution in [2.75, 3.05) is 14.1 Å². The third-order valence-electron chi connectivity index (χ3n) is 15.7. The van der Waals surface area contributed by atoms with Gasteiger partial charge in [0.2, 0.25) is 0 Å². The summed E-state index contributed by atoms with van der Waals surface area (Å²) in [6, 6.07) is 47.6. The molecule has 7 aromatic carbocycles. The van der Waals surface area contributed by atoms with Crippen molar-refractivity contribution in [3.05, 3.63) is 199 Å². The van der Waals surface area contributed by atoms with Crippen molar-refractivity contribution in [3.8, 4) is 45.3 Å². The third kappa shape index (κ3) is 10.2. The number of aromatic nitrogens is 4.